The second-order valence-corrected chi connectivity index (χ2v) is 14.0. The molecule has 24 nitrogen and oxygen atoms in total. The van der Waals surface area contributed by atoms with Crippen LogP contribution in [0.5, 0.6) is 0 Å². The molecule has 0 aromatic heterocycles. The van der Waals surface area contributed by atoms with Crippen LogP contribution in [-0.2, 0) is 47.9 Å². The van der Waals surface area contributed by atoms with Gasteiger partial charge in [0.05, 0.1) is 26.2 Å². The summed E-state index contributed by atoms with van der Waals surface area (Å²) in [5.74, 6) is -11.1. The van der Waals surface area contributed by atoms with Crippen LogP contribution in [0.4, 0.5) is 0 Å². The van der Waals surface area contributed by atoms with Crippen molar-refractivity contribution in [1.29, 1.82) is 0 Å². The van der Waals surface area contributed by atoms with Gasteiger partial charge in [-0.2, -0.15) is 0 Å². The van der Waals surface area contributed by atoms with E-state index in [-0.39, 0.29) is 65.3 Å². The Morgan fingerprint density at radius 3 is 0.914 bits per heavy atom. The number of carboxylic acid groups (broad SMARTS) is 6. The Balaban J connectivity index is 3.31. The topological polar surface area (TPSA) is 353 Å². The van der Waals surface area contributed by atoms with Crippen LogP contribution >= 0.6 is 0 Å². The lowest BCUT2D eigenvalue weighted by Crippen LogP contribution is -2.57. The normalized spacial score (nSPS) is 16.7. The average molecular weight is 833 g/mol. The molecule has 0 saturated carbocycles. The molecule has 10 N–H and O–H groups in total. The number of hydrogen-bond acceptors (Lipinski definition) is 14. The molecule has 24 heteroatoms. The van der Waals surface area contributed by atoms with Crippen LogP contribution < -0.4 is 21.3 Å². The van der Waals surface area contributed by atoms with Gasteiger partial charge in [-0.25, -0.2) is 0 Å². The van der Waals surface area contributed by atoms with Crippen molar-refractivity contribution in [3.05, 3.63) is 0 Å². The molecule has 0 spiro atoms. The first kappa shape index (κ1) is 50.6. The van der Waals surface area contributed by atoms with E-state index in [1.165, 1.54) is 9.80 Å². The Kier molecular flexibility index (Phi) is 23.1. The van der Waals surface area contributed by atoms with Crippen molar-refractivity contribution in [3.8, 4) is 0 Å². The highest BCUT2D eigenvalue weighted by atomic mass is 16.4. The first-order valence-electron chi connectivity index (χ1n) is 18.6. The summed E-state index contributed by atoms with van der Waals surface area (Å²) in [7, 11) is 0. The number of hydrogen-bond donors (Lipinski definition) is 10. The van der Waals surface area contributed by atoms with Crippen molar-refractivity contribution in [1.82, 2.24) is 40.9 Å². The van der Waals surface area contributed by atoms with E-state index in [0.29, 0.717) is 0 Å². The van der Waals surface area contributed by atoms with Crippen molar-refractivity contribution < 1.29 is 78.6 Å². The van der Waals surface area contributed by atoms with Crippen LogP contribution in [-0.4, -0.2) is 212 Å². The summed E-state index contributed by atoms with van der Waals surface area (Å²) in [5, 5.41) is 65.7. The van der Waals surface area contributed by atoms with Gasteiger partial charge >= 0.3 is 35.8 Å². The number of carboxylic acids is 6. The zero-order valence-electron chi connectivity index (χ0n) is 32.6. The Hall–Kier alpha value is -5.46. The molecule has 0 unspecified atom stereocenters. The lowest BCUT2D eigenvalue weighted by Gasteiger charge is -2.33. The van der Waals surface area contributed by atoms with E-state index in [2.05, 4.69) is 21.3 Å². The van der Waals surface area contributed by atoms with Gasteiger partial charge in [-0.1, -0.05) is 0 Å². The third-order valence-electron chi connectivity index (χ3n) is 8.66. The highest BCUT2D eigenvalue weighted by molar-refractivity contribution is 5.95. The zero-order chi connectivity index (χ0) is 43.9. The van der Waals surface area contributed by atoms with Crippen LogP contribution in [0.2, 0.25) is 0 Å². The van der Waals surface area contributed by atoms with Gasteiger partial charge in [-0.15, -0.1) is 0 Å². The van der Waals surface area contributed by atoms with Crippen molar-refractivity contribution in [2.75, 3.05) is 78.5 Å². The van der Waals surface area contributed by atoms with Gasteiger partial charge < -0.3 is 51.9 Å². The summed E-state index contributed by atoms with van der Waals surface area (Å²) in [6.07, 6.45) is -3.14. The Morgan fingerprint density at radius 1 is 0.397 bits per heavy atom. The second-order valence-electron chi connectivity index (χ2n) is 14.0. The van der Waals surface area contributed by atoms with Crippen LogP contribution in [0, 0.1) is 0 Å². The fourth-order valence-electron chi connectivity index (χ4n) is 5.77. The number of nitrogens with zero attached hydrogens (tertiary/aromatic N) is 4. The van der Waals surface area contributed by atoms with Crippen LogP contribution in [0.1, 0.15) is 52.4 Å². The number of nitrogens with one attached hydrogen (secondary N) is 4. The van der Waals surface area contributed by atoms with E-state index < -0.39 is 135 Å². The molecule has 328 valence electrons. The predicted molar refractivity (Wildman–Crippen MR) is 198 cm³/mol. The van der Waals surface area contributed by atoms with Crippen LogP contribution in [0.15, 0.2) is 0 Å². The van der Waals surface area contributed by atoms with Crippen molar-refractivity contribution in [3.63, 3.8) is 0 Å². The number of carbonyl (C=O) groups is 10. The number of amides is 4. The maximum absolute atomic E-state index is 13.6. The molecule has 1 heterocycles. The van der Waals surface area contributed by atoms with Crippen molar-refractivity contribution >= 4 is 59.4 Å². The maximum Gasteiger partial charge on any atom is 0.317 e. The molecule has 1 aliphatic rings. The Labute approximate surface area is 333 Å². The maximum atomic E-state index is 13.6. The molecule has 0 radical (unpaired) electrons. The first-order valence-corrected chi connectivity index (χ1v) is 18.6. The number of carbonyl (C=O) groups excluding carboxylic acids is 4. The molecule has 1 fully saturated rings. The van der Waals surface area contributed by atoms with E-state index in [1.54, 1.807) is 23.6 Å². The van der Waals surface area contributed by atoms with Crippen LogP contribution in [0.25, 0.3) is 0 Å². The summed E-state index contributed by atoms with van der Waals surface area (Å²) in [5.41, 5.74) is 0. The summed E-state index contributed by atoms with van der Waals surface area (Å²) in [4.78, 5) is 128. The lowest BCUT2D eigenvalue weighted by molar-refractivity contribution is -0.140. The second kappa shape index (κ2) is 26.5. The summed E-state index contributed by atoms with van der Waals surface area (Å²) in [6, 6.07) is -5.01. The zero-order valence-corrected chi connectivity index (χ0v) is 32.6. The van der Waals surface area contributed by atoms with E-state index in [1.807, 2.05) is 0 Å². The van der Waals surface area contributed by atoms with Gasteiger partial charge in [0.15, 0.2) is 0 Å². The first-order chi connectivity index (χ1) is 27.1. The summed E-state index contributed by atoms with van der Waals surface area (Å²) < 4.78 is 0. The minimum absolute atomic E-state index is 0.0530. The van der Waals surface area contributed by atoms with E-state index in [9.17, 15) is 73.5 Å². The number of rotatable bonds is 24. The van der Waals surface area contributed by atoms with Gasteiger partial charge in [0.25, 0.3) is 0 Å². The average Bonchev–Trinajstić information content (AvgIpc) is 3.09. The molecule has 0 aliphatic carbocycles. The molecule has 1 aliphatic heterocycles. The number of aliphatic carboxylic acids is 6. The molecular formula is C34H56N8O16. The van der Waals surface area contributed by atoms with Crippen LogP contribution in [0.3, 0.4) is 0 Å². The molecule has 0 aromatic rings. The minimum atomic E-state index is -1.63. The third-order valence-corrected chi connectivity index (χ3v) is 8.66. The van der Waals surface area contributed by atoms with E-state index >= 15 is 0 Å². The largest absolute Gasteiger partial charge is 0.481 e. The third kappa shape index (κ3) is 22.9. The van der Waals surface area contributed by atoms with Gasteiger partial charge in [-0.05, 0) is 33.1 Å². The molecular weight excluding hydrogens is 776 g/mol. The fraction of sp³-hybridized carbons (Fsp3) is 0.706. The van der Waals surface area contributed by atoms with Crippen molar-refractivity contribution in [2.45, 2.75) is 76.5 Å². The Morgan fingerprint density at radius 2 is 0.655 bits per heavy atom. The summed E-state index contributed by atoms with van der Waals surface area (Å²) in [6.45, 7) is 2.39. The molecule has 3 atom stereocenters. The lowest BCUT2D eigenvalue weighted by atomic mass is 10.1. The highest BCUT2D eigenvalue weighted by Crippen LogP contribution is 2.07. The van der Waals surface area contributed by atoms with Gasteiger partial charge in [-0.3, -0.25) is 67.5 Å². The van der Waals surface area contributed by atoms with Crippen molar-refractivity contribution in [2.24, 2.45) is 0 Å². The predicted octanol–water partition coefficient (Wildman–Crippen LogP) is -3.96. The monoisotopic (exact) mass is 832 g/mol. The smallest absolute Gasteiger partial charge is 0.317 e. The molecule has 1 saturated heterocycles. The van der Waals surface area contributed by atoms with E-state index in [4.69, 9.17) is 5.11 Å². The summed E-state index contributed by atoms with van der Waals surface area (Å²) >= 11 is 0. The van der Waals surface area contributed by atoms with Gasteiger partial charge in [0, 0.05) is 77.7 Å². The molecule has 58 heavy (non-hydrogen) atoms. The van der Waals surface area contributed by atoms with Gasteiger partial charge in [0.1, 0.15) is 18.1 Å². The quantitative estimate of drug-likeness (QED) is 0.0443. The molecule has 0 aromatic carbocycles. The molecule has 0 bridgehead atoms. The SMILES string of the molecule is CC(C)NC(=O)[C@@H](CCC(=O)O)NC(=O)[C@@H](CCC(=O)O)NC(=O)[C@@H](CCC(=O)O)NC(=O)CN1CCN(CC(=O)O)CCN(CC(=O)O)CCN(CC(=O)O)CC1. The fourth-order valence-corrected chi connectivity index (χ4v) is 5.77. The Bertz CT molecular complexity index is 1430. The molecule has 1 rings (SSSR count). The van der Waals surface area contributed by atoms with E-state index in [0.717, 1.165) is 0 Å². The highest BCUT2D eigenvalue weighted by Gasteiger charge is 2.31. The minimum Gasteiger partial charge on any atom is -0.481 e. The molecule has 4 amide bonds. The van der Waals surface area contributed by atoms with Gasteiger partial charge in [0.2, 0.25) is 23.6 Å². The standard InChI is InChI=1S/C34H56N8O16/c1-21(2)35-32(56)23(4-7-27(46)47)37-34(58)24(5-8-28(48)49)38-33(57)22(3-6-26(44)45)36-25(43)17-39-9-11-40(18-29(50)51)13-15-42(20-31(54)55)16-14-41(12-10-39)19-30(52)53/h21-24H,3-20H2,1-2H3,(H,35,56)(H,36,43)(H,37,58)(H,38,57)(H,44,45)(H,46,47)(H,48,49)(H,50,51)(H,52,53)(H,54,55)/t22-,23-,24-/m1/s1.